The third-order valence-corrected chi connectivity index (χ3v) is 6.41. The predicted octanol–water partition coefficient (Wildman–Crippen LogP) is 6.40. The van der Waals surface area contributed by atoms with E-state index < -0.39 is 11.5 Å². The van der Waals surface area contributed by atoms with Crippen LogP contribution in [-0.4, -0.2) is 29.2 Å². The van der Waals surface area contributed by atoms with E-state index >= 15 is 0 Å². The molecule has 0 spiro atoms. The molecule has 0 aromatic carbocycles. The molecule has 0 heterocycles. The number of hydrogen-bond acceptors (Lipinski definition) is 5. The lowest BCUT2D eigenvalue weighted by atomic mass is 10.0. The topological polar surface area (TPSA) is 78.3 Å². The Morgan fingerprint density at radius 3 is 1.62 bits per heavy atom. The molecule has 0 aromatic rings. The predicted molar refractivity (Wildman–Crippen MR) is 129 cm³/mol. The summed E-state index contributed by atoms with van der Waals surface area (Å²) in [6, 6.07) is 0. The van der Waals surface area contributed by atoms with Crippen LogP contribution in [0, 0.1) is 5.92 Å². The molecule has 2 unspecified atom stereocenters. The minimum atomic E-state index is -0.497. The fraction of sp³-hybridized carbons (Fsp3) is 0.958. The Morgan fingerprint density at radius 1 is 0.828 bits per heavy atom. The van der Waals surface area contributed by atoms with Crippen LogP contribution in [0.15, 0.2) is 0 Å². The van der Waals surface area contributed by atoms with E-state index in [2.05, 4.69) is 6.92 Å². The van der Waals surface area contributed by atoms with Crippen LogP contribution in [0.1, 0.15) is 118 Å². The molecule has 0 rings (SSSR count). The van der Waals surface area contributed by atoms with Crippen LogP contribution >= 0.6 is 11.8 Å². The van der Waals surface area contributed by atoms with Gasteiger partial charge in [-0.2, -0.15) is 0 Å². The zero-order chi connectivity index (χ0) is 22.0. The van der Waals surface area contributed by atoms with Crippen molar-refractivity contribution in [3.05, 3.63) is 0 Å². The number of hydrogen-bond donors (Lipinski definition) is 2. The third kappa shape index (κ3) is 18.2. The molecule has 4 N–H and O–H groups in total. The van der Waals surface area contributed by atoms with Gasteiger partial charge in [-0.1, -0.05) is 90.4 Å². The van der Waals surface area contributed by atoms with Gasteiger partial charge in [-0.3, -0.25) is 4.79 Å². The molecule has 0 aliphatic rings. The van der Waals surface area contributed by atoms with Gasteiger partial charge in [0.05, 0.1) is 11.3 Å². The highest BCUT2D eigenvalue weighted by atomic mass is 32.2. The van der Waals surface area contributed by atoms with E-state index in [1.54, 1.807) is 11.8 Å². The first kappa shape index (κ1) is 28.7. The van der Waals surface area contributed by atoms with Crippen molar-refractivity contribution < 1.29 is 9.53 Å². The molecule has 174 valence electrons. The van der Waals surface area contributed by atoms with Gasteiger partial charge in [0.1, 0.15) is 5.60 Å². The average Bonchev–Trinajstić information content (AvgIpc) is 2.64. The lowest BCUT2D eigenvalue weighted by Crippen LogP contribution is -2.42. The van der Waals surface area contributed by atoms with Crippen LogP contribution in [-0.2, 0) is 9.53 Å². The summed E-state index contributed by atoms with van der Waals surface area (Å²) in [6.45, 7) is 8.11. The monoisotopic (exact) mass is 430 g/mol. The minimum absolute atomic E-state index is 0.238. The summed E-state index contributed by atoms with van der Waals surface area (Å²) in [5, 5.41) is -0.281. The zero-order valence-corrected chi connectivity index (χ0v) is 20.7. The normalized spacial score (nSPS) is 14.0. The molecule has 0 aliphatic heterocycles. The number of esters is 1. The van der Waals surface area contributed by atoms with Gasteiger partial charge >= 0.3 is 5.97 Å². The maximum atomic E-state index is 12.2. The SMILES string of the molecule is CCCCCCCCCCCCCCCCSC(N)C(CN)C(=O)OC(C)(C)C. The standard InChI is InChI=1S/C24H50N2O2S/c1-5-6-7-8-9-10-11-12-13-14-15-16-17-18-19-29-22(26)21(20-25)23(27)28-24(2,3)4/h21-22H,5-20,25-26H2,1-4H3. The summed E-state index contributed by atoms with van der Waals surface area (Å²) in [5.41, 5.74) is 11.4. The minimum Gasteiger partial charge on any atom is -0.460 e. The summed E-state index contributed by atoms with van der Waals surface area (Å²) in [5.74, 6) is 0.283. The van der Waals surface area contributed by atoms with E-state index in [0.717, 1.165) is 12.2 Å². The van der Waals surface area contributed by atoms with Crippen LogP contribution in [0.25, 0.3) is 0 Å². The Balaban J connectivity index is 3.54. The highest BCUT2D eigenvalue weighted by molar-refractivity contribution is 7.99. The maximum absolute atomic E-state index is 12.2. The molecule has 29 heavy (non-hydrogen) atoms. The quantitative estimate of drug-likeness (QED) is 0.141. The molecule has 0 saturated carbocycles. The molecule has 0 saturated heterocycles. The molecule has 0 aliphatic carbocycles. The molecule has 0 fully saturated rings. The second kappa shape index (κ2) is 18.5. The van der Waals surface area contributed by atoms with E-state index in [1.165, 1.54) is 83.5 Å². The number of rotatable bonds is 19. The largest absolute Gasteiger partial charge is 0.460 e. The second-order valence-corrected chi connectivity index (χ2v) is 10.6. The van der Waals surface area contributed by atoms with Crippen LogP contribution < -0.4 is 11.5 Å². The Hall–Kier alpha value is -0.260. The number of nitrogens with two attached hydrogens (primary N) is 2. The van der Waals surface area contributed by atoms with Gasteiger partial charge in [-0.15, -0.1) is 11.8 Å². The van der Waals surface area contributed by atoms with Crippen LogP contribution in [0.3, 0.4) is 0 Å². The van der Waals surface area contributed by atoms with Crippen LogP contribution in [0.4, 0.5) is 0 Å². The summed E-state index contributed by atoms with van der Waals surface area (Å²) in [6.07, 6.45) is 19.1. The van der Waals surface area contributed by atoms with E-state index in [-0.39, 0.29) is 17.9 Å². The Bertz CT molecular complexity index is 386. The van der Waals surface area contributed by atoms with Gasteiger partial charge in [-0.05, 0) is 32.9 Å². The number of ether oxygens (including phenoxy) is 1. The van der Waals surface area contributed by atoms with Crippen molar-refractivity contribution in [3.8, 4) is 0 Å². The smallest absolute Gasteiger partial charge is 0.313 e. The van der Waals surface area contributed by atoms with E-state index in [9.17, 15) is 4.79 Å². The molecular weight excluding hydrogens is 380 g/mol. The van der Waals surface area contributed by atoms with Gasteiger partial charge in [0.2, 0.25) is 0 Å². The summed E-state index contributed by atoms with van der Waals surface area (Å²) >= 11 is 1.64. The lowest BCUT2D eigenvalue weighted by Gasteiger charge is -2.26. The first-order chi connectivity index (χ1) is 13.8. The molecule has 5 heteroatoms. The third-order valence-electron chi connectivity index (χ3n) is 5.17. The van der Waals surface area contributed by atoms with E-state index in [4.69, 9.17) is 16.2 Å². The van der Waals surface area contributed by atoms with Gasteiger partial charge in [0, 0.05) is 6.54 Å². The summed E-state index contributed by atoms with van der Waals surface area (Å²) in [7, 11) is 0. The Kier molecular flexibility index (Phi) is 18.3. The zero-order valence-electron chi connectivity index (χ0n) is 19.8. The summed E-state index contributed by atoms with van der Waals surface area (Å²) < 4.78 is 5.43. The maximum Gasteiger partial charge on any atom is 0.313 e. The van der Waals surface area contributed by atoms with Gasteiger partial charge in [0.25, 0.3) is 0 Å². The van der Waals surface area contributed by atoms with Crippen LogP contribution in [0.2, 0.25) is 0 Å². The molecule has 0 bridgehead atoms. The first-order valence-corrected chi connectivity index (χ1v) is 13.2. The van der Waals surface area contributed by atoms with Crippen LogP contribution in [0.5, 0.6) is 0 Å². The van der Waals surface area contributed by atoms with E-state index in [0.29, 0.717) is 0 Å². The highest BCUT2D eigenvalue weighted by Gasteiger charge is 2.29. The van der Waals surface area contributed by atoms with Crippen molar-refractivity contribution in [3.63, 3.8) is 0 Å². The molecule has 4 nitrogen and oxygen atoms in total. The van der Waals surface area contributed by atoms with Crippen molar-refractivity contribution in [1.82, 2.24) is 0 Å². The average molecular weight is 431 g/mol. The highest BCUT2D eigenvalue weighted by Crippen LogP contribution is 2.21. The van der Waals surface area contributed by atoms with Crippen molar-refractivity contribution >= 4 is 17.7 Å². The lowest BCUT2D eigenvalue weighted by molar-refractivity contribution is -0.159. The number of unbranched alkanes of at least 4 members (excludes halogenated alkanes) is 13. The Labute approximate surface area is 185 Å². The second-order valence-electron chi connectivity index (χ2n) is 9.31. The molecule has 2 atom stereocenters. The Morgan fingerprint density at radius 2 is 1.24 bits per heavy atom. The molecular formula is C24H50N2O2S. The van der Waals surface area contributed by atoms with Gasteiger partial charge < -0.3 is 16.2 Å². The molecule has 0 aromatic heterocycles. The van der Waals surface area contributed by atoms with Crippen molar-refractivity contribution in [2.24, 2.45) is 17.4 Å². The fourth-order valence-corrected chi connectivity index (χ4v) is 4.47. The van der Waals surface area contributed by atoms with Gasteiger partial charge in [-0.25, -0.2) is 0 Å². The van der Waals surface area contributed by atoms with E-state index in [1.807, 2.05) is 20.8 Å². The van der Waals surface area contributed by atoms with Crippen molar-refractivity contribution in [2.45, 2.75) is 129 Å². The fourth-order valence-electron chi connectivity index (χ4n) is 3.37. The molecule has 0 amide bonds. The number of carbonyl (C=O) groups excluding carboxylic acids is 1. The first-order valence-electron chi connectivity index (χ1n) is 12.1. The number of carbonyl (C=O) groups is 1. The number of thioether (sulfide) groups is 1. The summed E-state index contributed by atoms with van der Waals surface area (Å²) in [4.78, 5) is 12.2. The van der Waals surface area contributed by atoms with Crippen molar-refractivity contribution in [1.29, 1.82) is 0 Å². The molecule has 0 radical (unpaired) electrons. The van der Waals surface area contributed by atoms with Gasteiger partial charge in [0.15, 0.2) is 0 Å². The van der Waals surface area contributed by atoms with Crippen molar-refractivity contribution in [2.75, 3.05) is 12.3 Å².